The Morgan fingerprint density at radius 1 is 1.53 bits per heavy atom. The molecule has 0 saturated carbocycles. The zero-order valence-electron chi connectivity index (χ0n) is 11.0. The lowest BCUT2D eigenvalue weighted by Gasteiger charge is -2.19. The van der Waals surface area contributed by atoms with Crippen molar-refractivity contribution in [2.24, 2.45) is 0 Å². The monoisotopic (exact) mass is 232 g/mol. The van der Waals surface area contributed by atoms with E-state index in [2.05, 4.69) is 35.1 Å². The molecule has 4 nitrogen and oxygen atoms in total. The number of rotatable bonds is 5. The number of anilines is 1. The fourth-order valence-corrected chi connectivity index (χ4v) is 1.46. The Hall–Kier alpha value is -1.60. The van der Waals surface area contributed by atoms with E-state index in [-0.39, 0.29) is 0 Å². The van der Waals surface area contributed by atoms with Crippen molar-refractivity contribution in [2.75, 3.05) is 18.5 Å². The summed E-state index contributed by atoms with van der Waals surface area (Å²) in [5, 5.41) is 3.36. The SMILES string of the molecule is C#CCN(C)c1nc(C)ncc1CNC(C)C. The minimum atomic E-state index is 0.432. The van der Waals surface area contributed by atoms with Crippen LogP contribution >= 0.6 is 0 Å². The predicted molar refractivity (Wildman–Crippen MR) is 70.8 cm³/mol. The van der Waals surface area contributed by atoms with Gasteiger partial charge in [0.1, 0.15) is 11.6 Å². The number of hydrogen-bond donors (Lipinski definition) is 1. The van der Waals surface area contributed by atoms with Crippen molar-refractivity contribution in [3.63, 3.8) is 0 Å². The van der Waals surface area contributed by atoms with Gasteiger partial charge >= 0.3 is 0 Å². The maximum absolute atomic E-state index is 5.33. The highest BCUT2D eigenvalue weighted by molar-refractivity contribution is 5.46. The van der Waals surface area contributed by atoms with E-state index >= 15 is 0 Å². The van der Waals surface area contributed by atoms with E-state index in [0.29, 0.717) is 12.6 Å². The maximum atomic E-state index is 5.33. The lowest BCUT2D eigenvalue weighted by molar-refractivity contribution is 0.586. The van der Waals surface area contributed by atoms with E-state index in [1.165, 1.54) is 0 Å². The molecule has 0 aromatic carbocycles. The summed E-state index contributed by atoms with van der Waals surface area (Å²) in [6.07, 6.45) is 7.19. The summed E-state index contributed by atoms with van der Waals surface area (Å²) in [4.78, 5) is 10.6. The molecule has 0 aliphatic heterocycles. The first kappa shape index (κ1) is 13.5. The molecule has 0 spiro atoms. The third-order valence-electron chi connectivity index (χ3n) is 2.35. The molecule has 17 heavy (non-hydrogen) atoms. The second-order valence-electron chi connectivity index (χ2n) is 4.36. The summed E-state index contributed by atoms with van der Waals surface area (Å²) >= 11 is 0. The first-order valence-electron chi connectivity index (χ1n) is 5.75. The molecule has 0 bridgehead atoms. The molecule has 92 valence electrons. The maximum Gasteiger partial charge on any atom is 0.137 e. The summed E-state index contributed by atoms with van der Waals surface area (Å²) in [6.45, 7) is 7.40. The molecule has 0 atom stereocenters. The zero-order chi connectivity index (χ0) is 12.8. The highest BCUT2D eigenvalue weighted by Gasteiger charge is 2.09. The van der Waals surface area contributed by atoms with Crippen LogP contribution in [0, 0.1) is 19.3 Å². The Kier molecular flexibility index (Phi) is 4.92. The van der Waals surface area contributed by atoms with E-state index in [9.17, 15) is 0 Å². The van der Waals surface area contributed by atoms with Gasteiger partial charge in [0.05, 0.1) is 6.54 Å². The van der Waals surface area contributed by atoms with Gasteiger partial charge in [0.25, 0.3) is 0 Å². The molecule has 0 saturated heterocycles. The number of terminal acetylenes is 1. The smallest absolute Gasteiger partial charge is 0.137 e. The molecule has 0 radical (unpaired) electrons. The van der Waals surface area contributed by atoms with Gasteiger partial charge in [-0.1, -0.05) is 19.8 Å². The van der Waals surface area contributed by atoms with Crippen LogP contribution < -0.4 is 10.2 Å². The average Bonchev–Trinajstić information content (AvgIpc) is 2.27. The average molecular weight is 232 g/mol. The highest BCUT2D eigenvalue weighted by Crippen LogP contribution is 2.15. The normalized spacial score (nSPS) is 10.4. The van der Waals surface area contributed by atoms with E-state index in [1.807, 2.05) is 25.1 Å². The quantitative estimate of drug-likeness (QED) is 0.778. The summed E-state index contributed by atoms with van der Waals surface area (Å²) in [7, 11) is 1.94. The number of hydrogen-bond acceptors (Lipinski definition) is 4. The largest absolute Gasteiger partial charge is 0.348 e. The molecule has 0 amide bonds. The fraction of sp³-hybridized carbons (Fsp3) is 0.538. The van der Waals surface area contributed by atoms with E-state index in [1.54, 1.807) is 0 Å². The van der Waals surface area contributed by atoms with Gasteiger partial charge in [-0.25, -0.2) is 9.97 Å². The van der Waals surface area contributed by atoms with Crippen LogP contribution in [-0.4, -0.2) is 29.6 Å². The van der Waals surface area contributed by atoms with Gasteiger partial charge in [-0.15, -0.1) is 6.42 Å². The number of nitrogens with one attached hydrogen (secondary N) is 1. The molecule has 1 aromatic rings. The molecule has 1 N–H and O–H groups in total. The summed E-state index contributed by atoms with van der Waals surface area (Å²) in [6, 6.07) is 0.432. The van der Waals surface area contributed by atoms with Gasteiger partial charge in [0.2, 0.25) is 0 Å². The third-order valence-corrected chi connectivity index (χ3v) is 2.35. The minimum Gasteiger partial charge on any atom is -0.348 e. The summed E-state index contributed by atoms with van der Waals surface area (Å²) in [5.41, 5.74) is 1.07. The van der Waals surface area contributed by atoms with E-state index in [0.717, 1.165) is 23.8 Å². The second-order valence-corrected chi connectivity index (χ2v) is 4.36. The summed E-state index contributed by atoms with van der Waals surface area (Å²) < 4.78 is 0. The van der Waals surface area contributed by atoms with Crippen LogP contribution in [0.4, 0.5) is 5.82 Å². The molecule has 0 fully saturated rings. The van der Waals surface area contributed by atoms with Crippen LogP contribution in [0.25, 0.3) is 0 Å². The van der Waals surface area contributed by atoms with Crippen molar-refractivity contribution in [3.05, 3.63) is 17.6 Å². The highest BCUT2D eigenvalue weighted by atomic mass is 15.2. The molecule has 1 aromatic heterocycles. The van der Waals surface area contributed by atoms with Crippen LogP contribution in [0.15, 0.2) is 6.20 Å². The van der Waals surface area contributed by atoms with Gasteiger partial charge in [-0.05, 0) is 6.92 Å². The van der Waals surface area contributed by atoms with Crippen LogP contribution in [0.3, 0.4) is 0 Å². The molecule has 0 aliphatic carbocycles. The lowest BCUT2D eigenvalue weighted by atomic mass is 10.2. The Bertz CT molecular complexity index is 406. The van der Waals surface area contributed by atoms with Gasteiger partial charge in [0, 0.05) is 31.4 Å². The molecule has 4 heteroatoms. The van der Waals surface area contributed by atoms with E-state index in [4.69, 9.17) is 6.42 Å². The topological polar surface area (TPSA) is 41.1 Å². The number of aromatic nitrogens is 2. The van der Waals surface area contributed by atoms with Crippen molar-refractivity contribution in [2.45, 2.75) is 33.4 Å². The number of nitrogens with zero attached hydrogens (tertiary/aromatic N) is 3. The Labute approximate surface area is 103 Å². The van der Waals surface area contributed by atoms with E-state index < -0.39 is 0 Å². The van der Waals surface area contributed by atoms with Crippen LogP contribution in [0.1, 0.15) is 25.2 Å². The minimum absolute atomic E-state index is 0.432. The Balaban J connectivity index is 2.91. The summed E-state index contributed by atoms with van der Waals surface area (Å²) in [5.74, 6) is 4.29. The molecule has 1 heterocycles. The van der Waals surface area contributed by atoms with Crippen molar-refractivity contribution >= 4 is 5.82 Å². The second kappa shape index (κ2) is 6.21. The van der Waals surface area contributed by atoms with Crippen molar-refractivity contribution in [1.82, 2.24) is 15.3 Å². The van der Waals surface area contributed by atoms with Crippen LogP contribution in [0.2, 0.25) is 0 Å². The molecule has 0 aliphatic rings. The molecule has 1 rings (SSSR count). The lowest BCUT2D eigenvalue weighted by Crippen LogP contribution is -2.26. The molecular weight excluding hydrogens is 212 g/mol. The fourth-order valence-electron chi connectivity index (χ4n) is 1.46. The third kappa shape index (κ3) is 4.04. The first-order chi connectivity index (χ1) is 8.04. The van der Waals surface area contributed by atoms with Crippen molar-refractivity contribution in [1.29, 1.82) is 0 Å². The number of aryl methyl sites for hydroxylation is 1. The van der Waals surface area contributed by atoms with Gasteiger partial charge in [-0.3, -0.25) is 0 Å². The first-order valence-corrected chi connectivity index (χ1v) is 5.75. The van der Waals surface area contributed by atoms with Crippen molar-refractivity contribution in [3.8, 4) is 12.3 Å². The van der Waals surface area contributed by atoms with Crippen molar-refractivity contribution < 1.29 is 0 Å². The zero-order valence-corrected chi connectivity index (χ0v) is 11.0. The predicted octanol–water partition coefficient (Wildman–Crippen LogP) is 1.35. The van der Waals surface area contributed by atoms with Gasteiger partial charge < -0.3 is 10.2 Å². The standard InChI is InChI=1S/C13H20N4/c1-6-7-17(5)13-12(8-14-10(2)3)9-15-11(4)16-13/h1,9-10,14H,7-8H2,2-5H3. The van der Waals surface area contributed by atoms with Gasteiger partial charge in [0.15, 0.2) is 0 Å². The molecule has 0 unspecified atom stereocenters. The van der Waals surface area contributed by atoms with Crippen LogP contribution in [0.5, 0.6) is 0 Å². The Morgan fingerprint density at radius 2 is 2.24 bits per heavy atom. The molecular formula is C13H20N4. The Morgan fingerprint density at radius 3 is 2.82 bits per heavy atom. The van der Waals surface area contributed by atoms with Crippen LogP contribution in [-0.2, 0) is 6.54 Å². The van der Waals surface area contributed by atoms with Gasteiger partial charge in [-0.2, -0.15) is 0 Å².